The minimum atomic E-state index is 0.586. The topological polar surface area (TPSA) is 19.4 Å². The lowest BCUT2D eigenvalue weighted by Crippen LogP contribution is -2.51. The second kappa shape index (κ2) is 5.80. The lowest BCUT2D eigenvalue weighted by Gasteiger charge is -2.39. The first-order valence-electron chi connectivity index (χ1n) is 6.26. The lowest BCUT2D eigenvalue weighted by atomic mass is 10.1. The van der Waals surface area contributed by atoms with E-state index in [4.69, 9.17) is 11.6 Å². The van der Waals surface area contributed by atoms with Gasteiger partial charge in [-0.1, -0.05) is 18.5 Å². The fraction of sp³-hybridized carbons (Fsp3) is 0.615. The lowest BCUT2D eigenvalue weighted by molar-refractivity contribution is 0.0834. The Morgan fingerprint density at radius 2 is 2.29 bits per heavy atom. The molecule has 2 rings (SSSR count). The molecule has 3 nitrogen and oxygen atoms in total. The van der Waals surface area contributed by atoms with E-state index in [2.05, 4.69) is 28.6 Å². The molecule has 1 aliphatic rings. The van der Waals surface area contributed by atoms with E-state index in [0.29, 0.717) is 11.2 Å². The molecule has 94 valence electrons. The van der Waals surface area contributed by atoms with Crippen LogP contribution < -0.4 is 0 Å². The van der Waals surface area contributed by atoms with Crippen LogP contribution in [0.15, 0.2) is 18.3 Å². The van der Waals surface area contributed by atoms with Gasteiger partial charge in [-0.25, -0.2) is 4.98 Å². The summed E-state index contributed by atoms with van der Waals surface area (Å²) >= 11 is 5.90. The number of hydrogen-bond acceptors (Lipinski definition) is 3. The van der Waals surface area contributed by atoms with Gasteiger partial charge in [0.05, 0.1) is 0 Å². The Hall–Kier alpha value is -0.640. The van der Waals surface area contributed by atoms with Crippen molar-refractivity contribution in [2.24, 2.45) is 0 Å². The van der Waals surface area contributed by atoms with Crippen molar-refractivity contribution in [3.8, 4) is 0 Å². The molecular weight excluding hydrogens is 234 g/mol. The first-order valence-corrected chi connectivity index (χ1v) is 6.63. The highest BCUT2D eigenvalue weighted by Crippen LogP contribution is 2.14. The average molecular weight is 254 g/mol. The van der Waals surface area contributed by atoms with Gasteiger partial charge in [-0.15, -0.1) is 0 Å². The third kappa shape index (κ3) is 3.41. The number of halogens is 1. The molecule has 1 aromatic rings. The predicted octanol–water partition coefficient (Wildman–Crippen LogP) is 2.26. The molecule has 0 radical (unpaired) electrons. The molecule has 0 amide bonds. The van der Waals surface area contributed by atoms with Crippen LogP contribution in [0.2, 0.25) is 5.15 Å². The van der Waals surface area contributed by atoms with Crippen LogP contribution in [0.1, 0.15) is 19.4 Å². The van der Waals surface area contributed by atoms with Crippen molar-refractivity contribution in [2.75, 3.05) is 26.2 Å². The summed E-state index contributed by atoms with van der Waals surface area (Å²) in [5.74, 6) is 0. The van der Waals surface area contributed by atoms with Crippen LogP contribution in [0.25, 0.3) is 0 Å². The third-order valence-electron chi connectivity index (χ3n) is 3.45. The van der Waals surface area contributed by atoms with E-state index >= 15 is 0 Å². The minimum absolute atomic E-state index is 0.586. The van der Waals surface area contributed by atoms with E-state index in [1.54, 1.807) is 6.20 Å². The predicted molar refractivity (Wildman–Crippen MR) is 71.2 cm³/mol. The number of aromatic nitrogens is 1. The average Bonchev–Trinajstić information content (AvgIpc) is 2.29. The zero-order valence-corrected chi connectivity index (χ0v) is 11.3. The number of piperazine rings is 1. The number of likely N-dealkylation sites (N-methyl/N-ethyl adjacent to an activating group) is 1. The Balaban J connectivity index is 1.93. The Morgan fingerprint density at radius 3 is 2.94 bits per heavy atom. The number of pyridine rings is 1. The molecule has 1 saturated heterocycles. The minimum Gasteiger partial charge on any atom is -0.298 e. The van der Waals surface area contributed by atoms with E-state index in [1.165, 1.54) is 5.56 Å². The maximum absolute atomic E-state index is 5.90. The van der Waals surface area contributed by atoms with Gasteiger partial charge in [-0.05, 0) is 31.2 Å². The van der Waals surface area contributed by atoms with E-state index in [1.807, 2.05) is 12.1 Å². The molecule has 0 N–H and O–H groups in total. The summed E-state index contributed by atoms with van der Waals surface area (Å²) in [6.07, 6.45) is 1.78. The van der Waals surface area contributed by atoms with E-state index in [-0.39, 0.29) is 0 Å². The van der Waals surface area contributed by atoms with Crippen molar-refractivity contribution in [3.05, 3.63) is 29.0 Å². The summed E-state index contributed by atoms with van der Waals surface area (Å²) in [6.45, 7) is 10.1. The Kier molecular flexibility index (Phi) is 4.37. The molecule has 0 saturated carbocycles. The van der Waals surface area contributed by atoms with E-state index < -0.39 is 0 Å². The molecule has 4 heteroatoms. The molecule has 1 aliphatic heterocycles. The smallest absolute Gasteiger partial charge is 0.129 e. The van der Waals surface area contributed by atoms with Crippen LogP contribution in [0.5, 0.6) is 0 Å². The fourth-order valence-corrected chi connectivity index (χ4v) is 2.68. The van der Waals surface area contributed by atoms with Gasteiger partial charge in [0.2, 0.25) is 0 Å². The first kappa shape index (κ1) is 12.8. The zero-order valence-electron chi connectivity index (χ0n) is 10.6. The van der Waals surface area contributed by atoms with E-state index in [9.17, 15) is 0 Å². The number of nitrogens with zero attached hydrogens (tertiary/aromatic N) is 3. The van der Waals surface area contributed by atoms with Crippen molar-refractivity contribution in [1.29, 1.82) is 0 Å². The molecule has 17 heavy (non-hydrogen) atoms. The van der Waals surface area contributed by atoms with Gasteiger partial charge in [0.1, 0.15) is 5.15 Å². The van der Waals surface area contributed by atoms with Crippen LogP contribution in [0.3, 0.4) is 0 Å². The highest BCUT2D eigenvalue weighted by molar-refractivity contribution is 6.29. The normalized spacial score (nSPS) is 22.9. The number of rotatable bonds is 3. The number of hydrogen-bond donors (Lipinski definition) is 0. The van der Waals surface area contributed by atoms with Crippen LogP contribution >= 0.6 is 11.6 Å². The van der Waals surface area contributed by atoms with E-state index in [0.717, 1.165) is 32.7 Å². The van der Waals surface area contributed by atoms with Crippen molar-refractivity contribution in [2.45, 2.75) is 26.4 Å². The van der Waals surface area contributed by atoms with Crippen LogP contribution in [-0.2, 0) is 6.54 Å². The van der Waals surface area contributed by atoms with Crippen LogP contribution in [-0.4, -0.2) is 47.0 Å². The van der Waals surface area contributed by atoms with Crippen molar-refractivity contribution in [1.82, 2.24) is 14.8 Å². The molecule has 1 atom stereocenters. The van der Waals surface area contributed by atoms with Gasteiger partial charge in [-0.3, -0.25) is 9.80 Å². The summed E-state index contributed by atoms with van der Waals surface area (Å²) < 4.78 is 0. The third-order valence-corrected chi connectivity index (χ3v) is 3.66. The zero-order chi connectivity index (χ0) is 12.3. The summed E-state index contributed by atoms with van der Waals surface area (Å²) in [4.78, 5) is 9.02. The highest BCUT2D eigenvalue weighted by Gasteiger charge is 2.22. The van der Waals surface area contributed by atoms with Crippen molar-refractivity contribution in [3.63, 3.8) is 0 Å². The summed E-state index contributed by atoms with van der Waals surface area (Å²) in [6, 6.07) is 4.65. The standard InChI is InChI=1S/C13H20ClN3/c1-3-17-7-6-16(9-11(17)2)10-12-4-5-15-13(14)8-12/h4-5,8,11H,3,6-7,9-10H2,1-2H3. The summed E-state index contributed by atoms with van der Waals surface area (Å²) in [5.41, 5.74) is 1.25. The Morgan fingerprint density at radius 1 is 1.47 bits per heavy atom. The van der Waals surface area contributed by atoms with Gasteiger partial charge in [0.25, 0.3) is 0 Å². The molecule has 0 aromatic carbocycles. The van der Waals surface area contributed by atoms with Gasteiger partial charge in [0.15, 0.2) is 0 Å². The quantitative estimate of drug-likeness (QED) is 0.771. The summed E-state index contributed by atoms with van der Waals surface area (Å²) in [7, 11) is 0. The summed E-state index contributed by atoms with van der Waals surface area (Å²) in [5, 5.41) is 0.586. The molecule has 1 fully saturated rings. The maximum atomic E-state index is 5.90. The first-order chi connectivity index (χ1) is 8.19. The van der Waals surface area contributed by atoms with Gasteiger partial charge in [0, 0.05) is 38.4 Å². The monoisotopic (exact) mass is 253 g/mol. The van der Waals surface area contributed by atoms with Gasteiger partial charge >= 0.3 is 0 Å². The molecule has 0 aliphatic carbocycles. The van der Waals surface area contributed by atoms with Crippen LogP contribution in [0, 0.1) is 0 Å². The molecule has 0 spiro atoms. The van der Waals surface area contributed by atoms with Gasteiger partial charge in [-0.2, -0.15) is 0 Å². The molecule has 2 heterocycles. The largest absolute Gasteiger partial charge is 0.298 e. The maximum Gasteiger partial charge on any atom is 0.129 e. The van der Waals surface area contributed by atoms with Gasteiger partial charge < -0.3 is 0 Å². The molecule has 0 bridgehead atoms. The van der Waals surface area contributed by atoms with Crippen LogP contribution in [0.4, 0.5) is 0 Å². The molecule has 1 aromatic heterocycles. The fourth-order valence-electron chi connectivity index (χ4n) is 2.48. The van der Waals surface area contributed by atoms with Crippen molar-refractivity contribution >= 4 is 11.6 Å². The van der Waals surface area contributed by atoms with Crippen molar-refractivity contribution < 1.29 is 0 Å². The molecule has 1 unspecified atom stereocenters. The highest BCUT2D eigenvalue weighted by atomic mass is 35.5. The Bertz CT molecular complexity index is 369. The second-order valence-electron chi connectivity index (χ2n) is 4.70. The Labute approximate surface area is 108 Å². The SMILES string of the molecule is CCN1CCN(Cc2ccnc(Cl)c2)CC1C. The second-order valence-corrected chi connectivity index (χ2v) is 5.09. The molecular formula is C13H20ClN3.